The highest BCUT2D eigenvalue weighted by Crippen LogP contribution is 2.11. The SMILES string of the molecule is C#CCN(CC(=O)O)C(=O)NCC(C)N1CCCCC1. The fraction of sp³-hybridized carbons (Fsp3) is 0.714. The van der Waals surface area contributed by atoms with Gasteiger partial charge in [-0.1, -0.05) is 12.3 Å². The highest BCUT2D eigenvalue weighted by Gasteiger charge is 2.19. The summed E-state index contributed by atoms with van der Waals surface area (Å²) in [5.74, 6) is 1.23. The molecular formula is C14H23N3O3. The second-order valence-electron chi connectivity index (χ2n) is 5.09. The van der Waals surface area contributed by atoms with E-state index in [1.54, 1.807) is 0 Å². The molecule has 2 amide bonds. The fourth-order valence-electron chi connectivity index (χ4n) is 2.31. The number of hydrogen-bond acceptors (Lipinski definition) is 3. The molecule has 1 heterocycles. The summed E-state index contributed by atoms with van der Waals surface area (Å²) in [5, 5.41) is 11.5. The molecule has 0 aromatic carbocycles. The van der Waals surface area contributed by atoms with Crippen LogP contribution in [-0.2, 0) is 4.79 Å². The number of piperidine rings is 1. The molecule has 1 saturated heterocycles. The van der Waals surface area contributed by atoms with Crippen LogP contribution in [0.5, 0.6) is 0 Å². The number of carboxylic acids is 1. The number of carbonyl (C=O) groups is 2. The van der Waals surface area contributed by atoms with E-state index in [1.165, 1.54) is 19.3 Å². The molecule has 6 heteroatoms. The van der Waals surface area contributed by atoms with Crippen LogP contribution in [0.25, 0.3) is 0 Å². The molecule has 6 nitrogen and oxygen atoms in total. The number of terminal acetylenes is 1. The molecule has 112 valence electrons. The first kappa shape index (κ1) is 16.3. The Morgan fingerprint density at radius 1 is 1.40 bits per heavy atom. The van der Waals surface area contributed by atoms with Crippen molar-refractivity contribution in [2.45, 2.75) is 32.2 Å². The van der Waals surface area contributed by atoms with E-state index in [2.05, 4.69) is 23.1 Å². The summed E-state index contributed by atoms with van der Waals surface area (Å²) >= 11 is 0. The van der Waals surface area contributed by atoms with Crippen LogP contribution in [0.1, 0.15) is 26.2 Å². The van der Waals surface area contributed by atoms with E-state index in [1.807, 2.05) is 0 Å². The number of aliphatic carboxylic acids is 1. The maximum absolute atomic E-state index is 11.9. The third-order valence-corrected chi connectivity index (χ3v) is 3.46. The number of likely N-dealkylation sites (tertiary alicyclic amines) is 1. The topological polar surface area (TPSA) is 72.9 Å². The maximum atomic E-state index is 11.9. The van der Waals surface area contributed by atoms with Crippen LogP contribution in [0.15, 0.2) is 0 Å². The Bertz CT molecular complexity index is 372. The number of urea groups is 1. The standard InChI is InChI=1S/C14H23N3O3/c1-3-7-17(11-13(18)19)14(20)15-10-12(2)16-8-5-4-6-9-16/h1,12H,4-11H2,2H3,(H,15,20)(H,18,19). The van der Waals surface area contributed by atoms with Crippen molar-refractivity contribution in [3.8, 4) is 12.3 Å². The molecule has 0 aromatic rings. The molecule has 20 heavy (non-hydrogen) atoms. The van der Waals surface area contributed by atoms with Crippen molar-refractivity contribution in [3.05, 3.63) is 0 Å². The fourth-order valence-corrected chi connectivity index (χ4v) is 2.31. The molecule has 1 aliphatic heterocycles. The Balaban J connectivity index is 2.39. The molecule has 0 spiro atoms. The maximum Gasteiger partial charge on any atom is 0.323 e. The zero-order valence-corrected chi connectivity index (χ0v) is 12.0. The number of nitrogens with one attached hydrogen (secondary N) is 1. The van der Waals surface area contributed by atoms with E-state index >= 15 is 0 Å². The highest BCUT2D eigenvalue weighted by molar-refractivity contribution is 5.80. The summed E-state index contributed by atoms with van der Waals surface area (Å²) in [5.41, 5.74) is 0. The monoisotopic (exact) mass is 281 g/mol. The lowest BCUT2D eigenvalue weighted by Gasteiger charge is -2.32. The molecule has 1 unspecified atom stereocenters. The van der Waals surface area contributed by atoms with Gasteiger partial charge in [0.15, 0.2) is 0 Å². The highest BCUT2D eigenvalue weighted by atomic mass is 16.4. The first-order chi connectivity index (χ1) is 9.54. The van der Waals surface area contributed by atoms with E-state index in [0.29, 0.717) is 6.54 Å². The van der Waals surface area contributed by atoms with Gasteiger partial charge in [-0.25, -0.2) is 4.79 Å². The van der Waals surface area contributed by atoms with Gasteiger partial charge in [0.1, 0.15) is 6.54 Å². The lowest BCUT2D eigenvalue weighted by Crippen LogP contribution is -2.49. The van der Waals surface area contributed by atoms with Crippen LogP contribution in [-0.4, -0.2) is 65.7 Å². The molecule has 2 N–H and O–H groups in total. The summed E-state index contributed by atoms with van der Waals surface area (Å²) in [6.07, 6.45) is 8.80. The Labute approximate surface area is 120 Å². The summed E-state index contributed by atoms with van der Waals surface area (Å²) in [7, 11) is 0. The van der Waals surface area contributed by atoms with E-state index < -0.39 is 12.0 Å². The van der Waals surface area contributed by atoms with Gasteiger partial charge in [0, 0.05) is 12.6 Å². The number of amides is 2. The Hall–Kier alpha value is -1.74. The van der Waals surface area contributed by atoms with Gasteiger partial charge in [0.05, 0.1) is 6.54 Å². The zero-order chi connectivity index (χ0) is 15.0. The van der Waals surface area contributed by atoms with Gasteiger partial charge in [-0.3, -0.25) is 9.69 Å². The van der Waals surface area contributed by atoms with Gasteiger partial charge in [-0.2, -0.15) is 0 Å². The van der Waals surface area contributed by atoms with Gasteiger partial charge in [-0.15, -0.1) is 6.42 Å². The average Bonchev–Trinajstić information content (AvgIpc) is 2.44. The third-order valence-electron chi connectivity index (χ3n) is 3.46. The zero-order valence-electron chi connectivity index (χ0n) is 12.0. The minimum absolute atomic E-state index is 0.00374. The second kappa shape index (κ2) is 8.43. The lowest BCUT2D eigenvalue weighted by atomic mass is 10.1. The van der Waals surface area contributed by atoms with E-state index in [4.69, 9.17) is 11.5 Å². The molecule has 1 rings (SSSR count). The summed E-state index contributed by atoms with van der Waals surface area (Å²) in [6, 6.07) is -0.175. The molecule has 1 aliphatic rings. The van der Waals surface area contributed by atoms with Crippen molar-refractivity contribution < 1.29 is 14.7 Å². The van der Waals surface area contributed by atoms with Crippen LogP contribution in [0, 0.1) is 12.3 Å². The van der Waals surface area contributed by atoms with Crippen molar-refractivity contribution >= 4 is 12.0 Å². The molecule has 0 aromatic heterocycles. The normalized spacial score (nSPS) is 17.0. The summed E-state index contributed by atoms with van der Waals surface area (Å²) in [4.78, 5) is 26.0. The Morgan fingerprint density at radius 2 is 2.05 bits per heavy atom. The van der Waals surface area contributed by atoms with Crippen LogP contribution in [0.4, 0.5) is 4.79 Å². The van der Waals surface area contributed by atoms with Crippen LogP contribution in [0.2, 0.25) is 0 Å². The van der Waals surface area contributed by atoms with Crippen molar-refractivity contribution in [2.75, 3.05) is 32.7 Å². The molecule has 0 saturated carbocycles. The number of nitrogens with zero attached hydrogens (tertiary/aromatic N) is 2. The number of hydrogen-bond donors (Lipinski definition) is 2. The second-order valence-corrected chi connectivity index (χ2v) is 5.09. The molecular weight excluding hydrogens is 258 g/mol. The Kier molecular flexibility index (Phi) is 6.88. The van der Waals surface area contributed by atoms with Crippen molar-refractivity contribution in [1.29, 1.82) is 0 Å². The van der Waals surface area contributed by atoms with E-state index in [0.717, 1.165) is 18.0 Å². The number of carboxylic acid groups (broad SMARTS) is 1. The third kappa shape index (κ3) is 5.49. The summed E-state index contributed by atoms with van der Waals surface area (Å²) in [6.45, 7) is 4.29. The van der Waals surface area contributed by atoms with Gasteiger partial charge in [0.25, 0.3) is 0 Å². The average molecular weight is 281 g/mol. The minimum atomic E-state index is -1.07. The lowest BCUT2D eigenvalue weighted by molar-refractivity contribution is -0.137. The van der Waals surface area contributed by atoms with Crippen LogP contribution >= 0.6 is 0 Å². The van der Waals surface area contributed by atoms with Gasteiger partial charge in [-0.05, 0) is 32.9 Å². The van der Waals surface area contributed by atoms with E-state index in [-0.39, 0.29) is 19.1 Å². The van der Waals surface area contributed by atoms with Crippen LogP contribution < -0.4 is 5.32 Å². The predicted octanol–water partition coefficient (Wildman–Crippen LogP) is 0.590. The number of carbonyl (C=O) groups excluding carboxylic acids is 1. The predicted molar refractivity (Wildman–Crippen MR) is 76.3 cm³/mol. The van der Waals surface area contributed by atoms with Crippen molar-refractivity contribution in [1.82, 2.24) is 15.1 Å². The first-order valence-electron chi connectivity index (χ1n) is 6.96. The minimum Gasteiger partial charge on any atom is -0.480 e. The van der Waals surface area contributed by atoms with Gasteiger partial charge < -0.3 is 15.3 Å². The van der Waals surface area contributed by atoms with E-state index in [9.17, 15) is 9.59 Å². The van der Waals surface area contributed by atoms with Gasteiger partial charge >= 0.3 is 12.0 Å². The molecule has 0 aliphatic carbocycles. The largest absolute Gasteiger partial charge is 0.480 e. The molecule has 0 radical (unpaired) electrons. The molecule has 1 fully saturated rings. The van der Waals surface area contributed by atoms with Crippen molar-refractivity contribution in [3.63, 3.8) is 0 Å². The Morgan fingerprint density at radius 3 is 2.60 bits per heavy atom. The quantitative estimate of drug-likeness (QED) is 0.699. The van der Waals surface area contributed by atoms with Crippen LogP contribution in [0.3, 0.4) is 0 Å². The van der Waals surface area contributed by atoms with Crippen molar-refractivity contribution in [2.24, 2.45) is 0 Å². The molecule has 1 atom stereocenters. The van der Waals surface area contributed by atoms with Gasteiger partial charge in [0.2, 0.25) is 0 Å². The first-order valence-corrected chi connectivity index (χ1v) is 6.96. The summed E-state index contributed by atoms with van der Waals surface area (Å²) < 4.78 is 0. The number of rotatable bonds is 6. The smallest absolute Gasteiger partial charge is 0.323 e. The molecule has 0 bridgehead atoms.